The molecule has 1 atom stereocenters. The number of amides is 1. The Labute approximate surface area is 128 Å². The lowest BCUT2D eigenvalue weighted by Gasteiger charge is -2.31. The van der Waals surface area contributed by atoms with Gasteiger partial charge in [-0.1, -0.05) is 0 Å². The van der Waals surface area contributed by atoms with Crippen LogP contribution in [0, 0.1) is 0 Å². The first-order valence-corrected chi connectivity index (χ1v) is 7.36. The van der Waals surface area contributed by atoms with Gasteiger partial charge in [-0.2, -0.15) is 0 Å². The van der Waals surface area contributed by atoms with Gasteiger partial charge in [-0.05, 0) is 12.8 Å². The van der Waals surface area contributed by atoms with E-state index in [1.807, 2.05) is 22.4 Å². The molecule has 2 aromatic rings. The number of imidazole rings is 1. The van der Waals surface area contributed by atoms with Crippen LogP contribution in [0.2, 0.25) is 0 Å². The highest BCUT2D eigenvalue weighted by molar-refractivity contribution is 5.67. The number of nitrogens with zero attached hydrogens (tertiary/aromatic N) is 6. The minimum atomic E-state index is -0.273. The van der Waals surface area contributed by atoms with Gasteiger partial charge < -0.3 is 18.8 Å². The van der Waals surface area contributed by atoms with Gasteiger partial charge in [-0.3, -0.25) is 0 Å². The molecule has 1 aliphatic rings. The van der Waals surface area contributed by atoms with Crippen LogP contribution < -0.4 is 0 Å². The van der Waals surface area contributed by atoms with Crippen molar-refractivity contribution < 1.29 is 9.53 Å². The predicted molar refractivity (Wildman–Crippen MR) is 78.3 cm³/mol. The van der Waals surface area contributed by atoms with E-state index in [1.165, 1.54) is 7.11 Å². The lowest BCUT2D eigenvalue weighted by atomic mass is 9.97. The van der Waals surface area contributed by atoms with E-state index < -0.39 is 0 Å². The van der Waals surface area contributed by atoms with E-state index in [4.69, 9.17) is 4.74 Å². The van der Waals surface area contributed by atoms with Gasteiger partial charge in [0.25, 0.3) is 0 Å². The average Bonchev–Trinajstić information content (AvgIpc) is 3.18. The molecule has 0 aromatic carbocycles. The summed E-state index contributed by atoms with van der Waals surface area (Å²) in [6.45, 7) is 2.00. The van der Waals surface area contributed by atoms with Crippen molar-refractivity contribution in [2.75, 3.05) is 20.2 Å². The Morgan fingerprint density at radius 3 is 3.05 bits per heavy atom. The molecule has 3 heterocycles. The van der Waals surface area contributed by atoms with Gasteiger partial charge in [0.1, 0.15) is 5.82 Å². The smallest absolute Gasteiger partial charge is 0.409 e. The Morgan fingerprint density at radius 1 is 1.45 bits per heavy atom. The quantitative estimate of drug-likeness (QED) is 0.845. The summed E-state index contributed by atoms with van der Waals surface area (Å²) >= 11 is 0. The summed E-state index contributed by atoms with van der Waals surface area (Å²) in [5.74, 6) is 1.99. The minimum Gasteiger partial charge on any atom is -0.453 e. The van der Waals surface area contributed by atoms with Crippen molar-refractivity contribution in [2.24, 2.45) is 7.05 Å². The SMILES string of the molecule is COC(=O)N1CCC[C@@H](c2nnc(Cn3ccnc3)n2C)C1. The molecule has 1 aliphatic heterocycles. The number of ether oxygens (including phenoxy) is 1. The number of hydrogen-bond donors (Lipinski definition) is 0. The Balaban J connectivity index is 1.74. The maximum absolute atomic E-state index is 11.7. The Kier molecular flexibility index (Phi) is 4.08. The van der Waals surface area contributed by atoms with E-state index in [1.54, 1.807) is 17.4 Å². The summed E-state index contributed by atoms with van der Waals surface area (Å²) in [7, 11) is 3.39. The molecule has 0 N–H and O–H groups in total. The largest absolute Gasteiger partial charge is 0.453 e. The molecule has 1 fully saturated rings. The zero-order chi connectivity index (χ0) is 15.5. The molecule has 8 nitrogen and oxygen atoms in total. The van der Waals surface area contributed by atoms with E-state index in [9.17, 15) is 4.79 Å². The first kappa shape index (κ1) is 14.6. The average molecular weight is 304 g/mol. The van der Waals surface area contributed by atoms with Gasteiger partial charge in [0, 0.05) is 38.4 Å². The van der Waals surface area contributed by atoms with Crippen LogP contribution in [0.3, 0.4) is 0 Å². The highest BCUT2D eigenvalue weighted by Gasteiger charge is 2.28. The number of piperidine rings is 1. The second-order valence-electron chi connectivity index (χ2n) is 5.52. The van der Waals surface area contributed by atoms with Gasteiger partial charge in [0.2, 0.25) is 0 Å². The minimum absolute atomic E-state index is 0.196. The van der Waals surface area contributed by atoms with Crippen LogP contribution in [0.25, 0.3) is 0 Å². The van der Waals surface area contributed by atoms with Crippen LogP contribution in [0.15, 0.2) is 18.7 Å². The van der Waals surface area contributed by atoms with Crippen LogP contribution in [0.4, 0.5) is 4.79 Å². The number of likely N-dealkylation sites (tertiary alicyclic amines) is 1. The lowest BCUT2D eigenvalue weighted by molar-refractivity contribution is 0.110. The molecule has 0 saturated carbocycles. The molecule has 118 valence electrons. The topological polar surface area (TPSA) is 78.1 Å². The zero-order valence-electron chi connectivity index (χ0n) is 12.8. The molecule has 22 heavy (non-hydrogen) atoms. The highest BCUT2D eigenvalue weighted by atomic mass is 16.5. The Morgan fingerprint density at radius 2 is 2.32 bits per heavy atom. The van der Waals surface area contributed by atoms with Crippen molar-refractivity contribution in [2.45, 2.75) is 25.3 Å². The predicted octanol–water partition coefficient (Wildman–Crippen LogP) is 1.01. The molecule has 0 unspecified atom stereocenters. The fourth-order valence-electron chi connectivity index (χ4n) is 2.89. The van der Waals surface area contributed by atoms with Crippen molar-refractivity contribution in [3.63, 3.8) is 0 Å². The van der Waals surface area contributed by atoms with Crippen molar-refractivity contribution in [1.29, 1.82) is 0 Å². The van der Waals surface area contributed by atoms with E-state index in [0.29, 0.717) is 13.1 Å². The molecule has 0 spiro atoms. The molecule has 2 aromatic heterocycles. The first-order valence-electron chi connectivity index (χ1n) is 7.36. The molecule has 3 rings (SSSR count). The van der Waals surface area contributed by atoms with Gasteiger partial charge >= 0.3 is 6.09 Å². The van der Waals surface area contributed by atoms with E-state index >= 15 is 0 Å². The van der Waals surface area contributed by atoms with Crippen molar-refractivity contribution >= 4 is 6.09 Å². The molecule has 1 saturated heterocycles. The van der Waals surface area contributed by atoms with E-state index in [0.717, 1.165) is 31.0 Å². The maximum atomic E-state index is 11.7. The number of methoxy groups -OCH3 is 1. The first-order chi connectivity index (χ1) is 10.7. The van der Waals surface area contributed by atoms with Crippen LogP contribution in [0.1, 0.15) is 30.4 Å². The third-order valence-electron chi connectivity index (χ3n) is 4.10. The van der Waals surface area contributed by atoms with Crippen LogP contribution in [-0.4, -0.2) is 55.5 Å². The van der Waals surface area contributed by atoms with Crippen molar-refractivity contribution in [3.8, 4) is 0 Å². The zero-order valence-corrected chi connectivity index (χ0v) is 12.8. The van der Waals surface area contributed by atoms with Crippen LogP contribution in [0.5, 0.6) is 0 Å². The Hall–Kier alpha value is -2.38. The number of carbonyl (C=O) groups excluding carboxylic acids is 1. The van der Waals surface area contributed by atoms with Crippen molar-refractivity contribution in [3.05, 3.63) is 30.4 Å². The van der Waals surface area contributed by atoms with E-state index in [2.05, 4.69) is 15.2 Å². The fraction of sp³-hybridized carbons (Fsp3) is 0.571. The summed E-state index contributed by atoms with van der Waals surface area (Å²) in [5.41, 5.74) is 0. The summed E-state index contributed by atoms with van der Waals surface area (Å²) in [5, 5.41) is 8.63. The van der Waals surface area contributed by atoms with Crippen LogP contribution in [-0.2, 0) is 18.3 Å². The maximum Gasteiger partial charge on any atom is 0.409 e. The standard InChI is InChI=1S/C14H20N6O2/c1-18-12(9-19-7-5-15-10-19)16-17-13(18)11-4-3-6-20(8-11)14(21)22-2/h5,7,10-11H,3-4,6,8-9H2,1-2H3/t11-/m1/s1. The molecule has 8 heteroatoms. The summed E-state index contributed by atoms with van der Waals surface area (Å²) in [4.78, 5) is 17.5. The monoisotopic (exact) mass is 304 g/mol. The second-order valence-corrected chi connectivity index (χ2v) is 5.52. The summed E-state index contributed by atoms with van der Waals surface area (Å²) in [6.07, 6.45) is 7.08. The van der Waals surface area contributed by atoms with Crippen molar-refractivity contribution in [1.82, 2.24) is 29.2 Å². The fourth-order valence-corrected chi connectivity index (χ4v) is 2.89. The van der Waals surface area contributed by atoms with Gasteiger partial charge in [-0.15, -0.1) is 10.2 Å². The molecular formula is C14H20N6O2. The van der Waals surface area contributed by atoms with Gasteiger partial charge in [-0.25, -0.2) is 9.78 Å². The molecule has 0 aliphatic carbocycles. The van der Waals surface area contributed by atoms with E-state index in [-0.39, 0.29) is 12.0 Å². The normalized spacial score (nSPS) is 18.5. The molecule has 1 amide bonds. The number of aromatic nitrogens is 5. The Bertz CT molecular complexity index is 636. The highest BCUT2D eigenvalue weighted by Crippen LogP contribution is 2.26. The summed E-state index contributed by atoms with van der Waals surface area (Å²) in [6, 6.07) is 0. The molecule has 0 bridgehead atoms. The van der Waals surface area contributed by atoms with Gasteiger partial charge in [0.15, 0.2) is 5.82 Å². The molecule has 0 radical (unpaired) electrons. The summed E-state index contributed by atoms with van der Waals surface area (Å²) < 4.78 is 8.79. The van der Waals surface area contributed by atoms with Crippen LogP contribution >= 0.6 is 0 Å². The number of rotatable bonds is 3. The number of carbonyl (C=O) groups is 1. The third kappa shape index (κ3) is 2.81. The van der Waals surface area contributed by atoms with Gasteiger partial charge in [0.05, 0.1) is 20.0 Å². The second kappa shape index (κ2) is 6.17. The lowest BCUT2D eigenvalue weighted by Crippen LogP contribution is -2.39. The number of hydrogen-bond acceptors (Lipinski definition) is 5. The third-order valence-corrected chi connectivity index (χ3v) is 4.10. The molecular weight excluding hydrogens is 284 g/mol.